The van der Waals surface area contributed by atoms with E-state index in [1.54, 1.807) is 29.9 Å². The summed E-state index contributed by atoms with van der Waals surface area (Å²) in [4.78, 5) is 26.3. The minimum Gasteiger partial charge on any atom is -0.478 e. The fourth-order valence-corrected chi connectivity index (χ4v) is 3.94. The fourth-order valence-electron chi connectivity index (χ4n) is 3.94. The Labute approximate surface area is 169 Å². The molecule has 1 amide bonds. The van der Waals surface area contributed by atoms with Gasteiger partial charge in [0.25, 0.3) is 5.91 Å². The summed E-state index contributed by atoms with van der Waals surface area (Å²) < 4.78 is 1.64. The lowest BCUT2D eigenvalue weighted by atomic mass is 9.89. The lowest BCUT2D eigenvalue weighted by molar-refractivity contribution is 0.0683. The Bertz CT molecular complexity index is 1040. The van der Waals surface area contributed by atoms with Gasteiger partial charge in [0, 0.05) is 31.6 Å². The zero-order valence-corrected chi connectivity index (χ0v) is 16.3. The van der Waals surface area contributed by atoms with Crippen molar-refractivity contribution >= 4 is 11.9 Å². The van der Waals surface area contributed by atoms with Gasteiger partial charge in [0.15, 0.2) is 0 Å². The molecule has 29 heavy (non-hydrogen) atoms. The third-order valence-corrected chi connectivity index (χ3v) is 5.48. The second-order valence-electron chi connectivity index (χ2n) is 7.43. The smallest absolute Gasteiger partial charge is 0.335 e. The van der Waals surface area contributed by atoms with Crippen molar-refractivity contribution in [3.63, 3.8) is 0 Å². The topological polar surface area (TPSA) is 75.4 Å². The molecule has 148 valence electrons. The largest absolute Gasteiger partial charge is 0.478 e. The molecule has 1 saturated heterocycles. The molecule has 1 atom stereocenters. The molecule has 0 aliphatic carbocycles. The van der Waals surface area contributed by atoms with Crippen LogP contribution in [-0.4, -0.2) is 44.8 Å². The molecule has 2 heterocycles. The molecule has 0 bridgehead atoms. The molecule has 1 fully saturated rings. The molecule has 6 nitrogen and oxygen atoms in total. The van der Waals surface area contributed by atoms with E-state index < -0.39 is 5.97 Å². The number of aromatic nitrogens is 2. The van der Waals surface area contributed by atoms with Gasteiger partial charge < -0.3 is 10.0 Å². The van der Waals surface area contributed by atoms with Crippen molar-refractivity contribution in [2.24, 2.45) is 7.05 Å². The average molecular weight is 389 g/mol. The predicted molar refractivity (Wildman–Crippen MR) is 110 cm³/mol. The van der Waals surface area contributed by atoms with Gasteiger partial charge in [0.2, 0.25) is 0 Å². The van der Waals surface area contributed by atoms with E-state index in [4.69, 9.17) is 0 Å². The van der Waals surface area contributed by atoms with Crippen LogP contribution in [0.2, 0.25) is 0 Å². The maximum Gasteiger partial charge on any atom is 0.335 e. The summed E-state index contributed by atoms with van der Waals surface area (Å²) in [5, 5.41) is 13.8. The number of amides is 1. The number of likely N-dealkylation sites (tertiary alicyclic amines) is 1. The standard InChI is InChI=1S/C23H23N3O3/c1-25-21(14-20(24-25)16-7-3-2-4-8-16)22(27)26-12-6-11-19(15-26)17-9-5-10-18(13-17)23(28)29/h2-5,7-10,13-14,19H,6,11-12,15H2,1H3,(H,28,29)/t19-/m0/s1. The normalized spacial score (nSPS) is 16.6. The van der Waals surface area contributed by atoms with Crippen molar-refractivity contribution in [1.29, 1.82) is 0 Å². The molecule has 1 N–H and O–H groups in total. The van der Waals surface area contributed by atoms with Crippen LogP contribution in [0, 0.1) is 0 Å². The van der Waals surface area contributed by atoms with Crippen molar-refractivity contribution in [3.8, 4) is 11.3 Å². The Morgan fingerprint density at radius 3 is 2.62 bits per heavy atom. The number of hydrogen-bond donors (Lipinski definition) is 1. The van der Waals surface area contributed by atoms with E-state index >= 15 is 0 Å². The number of carbonyl (C=O) groups excluding carboxylic acids is 1. The molecule has 0 spiro atoms. The van der Waals surface area contributed by atoms with Crippen LogP contribution < -0.4 is 0 Å². The highest BCUT2D eigenvalue weighted by Crippen LogP contribution is 2.29. The Morgan fingerprint density at radius 2 is 1.86 bits per heavy atom. The number of nitrogens with zero attached hydrogens (tertiary/aromatic N) is 3. The maximum atomic E-state index is 13.2. The van der Waals surface area contributed by atoms with Crippen molar-refractivity contribution in [2.45, 2.75) is 18.8 Å². The highest BCUT2D eigenvalue weighted by Gasteiger charge is 2.28. The lowest BCUT2D eigenvalue weighted by Gasteiger charge is -2.33. The number of aryl methyl sites for hydroxylation is 1. The van der Waals surface area contributed by atoms with Gasteiger partial charge in [-0.3, -0.25) is 9.48 Å². The van der Waals surface area contributed by atoms with E-state index in [0.29, 0.717) is 18.8 Å². The molecule has 1 aliphatic heterocycles. The molecule has 3 aromatic rings. The predicted octanol–water partition coefficient (Wildman–Crippen LogP) is 3.81. The van der Waals surface area contributed by atoms with Crippen LogP contribution in [0.25, 0.3) is 11.3 Å². The zero-order valence-electron chi connectivity index (χ0n) is 16.3. The average Bonchev–Trinajstić information content (AvgIpc) is 3.15. The summed E-state index contributed by atoms with van der Waals surface area (Å²) in [5.41, 5.74) is 3.56. The highest BCUT2D eigenvalue weighted by atomic mass is 16.4. The highest BCUT2D eigenvalue weighted by molar-refractivity contribution is 5.94. The molecule has 0 unspecified atom stereocenters. The molecule has 2 aromatic carbocycles. The molecule has 0 saturated carbocycles. The van der Waals surface area contributed by atoms with Crippen LogP contribution in [0.15, 0.2) is 60.7 Å². The number of benzene rings is 2. The summed E-state index contributed by atoms with van der Waals surface area (Å²) in [6.45, 7) is 1.27. The number of carbonyl (C=O) groups is 2. The van der Waals surface area contributed by atoms with Crippen LogP contribution in [0.4, 0.5) is 0 Å². The van der Waals surface area contributed by atoms with Gasteiger partial charge in [-0.05, 0) is 36.6 Å². The minimum absolute atomic E-state index is 0.0405. The van der Waals surface area contributed by atoms with Crippen LogP contribution in [-0.2, 0) is 7.05 Å². The zero-order chi connectivity index (χ0) is 20.4. The minimum atomic E-state index is -0.932. The molecule has 6 heteroatoms. The van der Waals surface area contributed by atoms with Crippen molar-refractivity contribution in [2.75, 3.05) is 13.1 Å². The van der Waals surface area contributed by atoms with Gasteiger partial charge in [-0.2, -0.15) is 5.10 Å². The second kappa shape index (κ2) is 7.91. The van der Waals surface area contributed by atoms with Gasteiger partial charge >= 0.3 is 5.97 Å². The van der Waals surface area contributed by atoms with Crippen molar-refractivity contribution in [3.05, 3.63) is 77.5 Å². The summed E-state index contributed by atoms with van der Waals surface area (Å²) >= 11 is 0. The van der Waals surface area contributed by atoms with E-state index in [-0.39, 0.29) is 17.4 Å². The summed E-state index contributed by atoms with van der Waals surface area (Å²) in [6.07, 6.45) is 1.82. The molecule has 0 radical (unpaired) electrons. The number of aromatic carboxylic acids is 1. The van der Waals surface area contributed by atoms with Crippen LogP contribution in [0.5, 0.6) is 0 Å². The third-order valence-electron chi connectivity index (χ3n) is 5.48. The van der Waals surface area contributed by atoms with Gasteiger partial charge in [0.05, 0.1) is 11.3 Å². The lowest BCUT2D eigenvalue weighted by Crippen LogP contribution is -2.39. The first kappa shape index (κ1) is 18.9. The van der Waals surface area contributed by atoms with Crippen molar-refractivity contribution in [1.82, 2.24) is 14.7 Å². The molecular weight excluding hydrogens is 366 g/mol. The van der Waals surface area contributed by atoms with Crippen LogP contribution >= 0.6 is 0 Å². The van der Waals surface area contributed by atoms with Crippen LogP contribution in [0.3, 0.4) is 0 Å². The number of carboxylic acid groups (broad SMARTS) is 1. The van der Waals surface area contributed by atoms with E-state index in [1.807, 2.05) is 47.4 Å². The van der Waals surface area contributed by atoms with E-state index in [0.717, 1.165) is 29.7 Å². The first-order valence-corrected chi connectivity index (χ1v) is 9.75. The first-order chi connectivity index (χ1) is 14.0. The van der Waals surface area contributed by atoms with Gasteiger partial charge in [0.1, 0.15) is 5.69 Å². The van der Waals surface area contributed by atoms with E-state index in [1.165, 1.54) is 0 Å². The fraction of sp³-hybridized carbons (Fsp3) is 0.261. The number of piperidine rings is 1. The van der Waals surface area contributed by atoms with Gasteiger partial charge in [-0.1, -0.05) is 42.5 Å². The molecule has 4 rings (SSSR count). The quantitative estimate of drug-likeness (QED) is 0.736. The monoisotopic (exact) mass is 389 g/mol. The third kappa shape index (κ3) is 3.92. The Balaban J connectivity index is 1.54. The number of hydrogen-bond acceptors (Lipinski definition) is 3. The first-order valence-electron chi connectivity index (χ1n) is 9.75. The molecular formula is C23H23N3O3. The number of carboxylic acids is 1. The SMILES string of the molecule is Cn1nc(-c2ccccc2)cc1C(=O)N1CCC[C@H](c2cccc(C(=O)O)c2)C1. The maximum absolute atomic E-state index is 13.2. The van der Waals surface area contributed by atoms with Gasteiger partial charge in [-0.25, -0.2) is 4.79 Å². The summed E-state index contributed by atoms with van der Waals surface area (Å²) in [6, 6.07) is 18.7. The van der Waals surface area contributed by atoms with E-state index in [2.05, 4.69) is 5.10 Å². The summed E-state index contributed by atoms with van der Waals surface area (Å²) in [5.74, 6) is -0.839. The Kier molecular flexibility index (Phi) is 5.16. The number of rotatable bonds is 4. The second-order valence-corrected chi connectivity index (χ2v) is 7.43. The van der Waals surface area contributed by atoms with Crippen molar-refractivity contribution < 1.29 is 14.7 Å². The van der Waals surface area contributed by atoms with Crippen LogP contribution in [0.1, 0.15) is 45.2 Å². The Hall–Kier alpha value is -3.41. The Morgan fingerprint density at radius 1 is 1.07 bits per heavy atom. The van der Waals surface area contributed by atoms with Gasteiger partial charge in [-0.15, -0.1) is 0 Å². The summed E-state index contributed by atoms with van der Waals surface area (Å²) in [7, 11) is 1.79. The molecule has 1 aliphatic rings. The van der Waals surface area contributed by atoms with E-state index in [9.17, 15) is 14.7 Å². The molecule has 1 aromatic heterocycles.